The Morgan fingerprint density at radius 3 is 2.43 bits per heavy atom. The highest BCUT2D eigenvalue weighted by atomic mass is 16.4. The lowest BCUT2D eigenvalue weighted by Crippen LogP contribution is -2.50. The summed E-state index contributed by atoms with van der Waals surface area (Å²) in [4.78, 5) is 25.7. The zero-order valence-corrected chi connectivity index (χ0v) is 13.2. The summed E-state index contributed by atoms with van der Waals surface area (Å²) in [5.74, 6) is 0.367. The van der Waals surface area contributed by atoms with Crippen LogP contribution in [0.5, 0.6) is 0 Å². The molecule has 2 N–H and O–H groups in total. The van der Waals surface area contributed by atoms with Crippen molar-refractivity contribution in [2.75, 3.05) is 19.6 Å². The topological polar surface area (TPSA) is 69.6 Å². The Bertz CT molecular complexity index is 389. The lowest BCUT2D eigenvalue weighted by molar-refractivity contribution is -0.151. The Kier molecular flexibility index (Phi) is 5.12. The maximum atomic E-state index is 12.2. The number of nitrogens with one attached hydrogen (secondary N) is 1. The molecule has 5 heteroatoms. The van der Waals surface area contributed by atoms with Gasteiger partial charge < -0.3 is 15.3 Å². The maximum absolute atomic E-state index is 12.2. The van der Waals surface area contributed by atoms with Gasteiger partial charge in [0.2, 0.25) is 0 Å². The number of carbonyl (C=O) groups excluding carboxylic acids is 1. The largest absolute Gasteiger partial charge is 0.481 e. The molecule has 0 aromatic heterocycles. The van der Waals surface area contributed by atoms with E-state index in [1.165, 1.54) is 6.42 Å². The van der Waals surface area contributed by atoms with E-state index in [-0.39, 0.29) is 12.6 Å². The average molecular weight is 296 g/mol. The van der Waals surface area contributed by atoms with E-state index in [4.69, 9.17) is 0 Å². The van der Waals surface area contributed by atoms with Crippen LogP contribution in [0.2, 0.25) is 0 Å². The van der Waals surface area contributed by atoms with E-state index in [0.717, 1.165) is 32.4 Å². The Hall–Kier alpha value is -1.26. The predicted molar refractivity (Wildman–Crippen MR) is 81.1 cm³/mol. The van der Waals surface area contributed by atoms with Crippen molar-refractivity contribution >= 4 is 12.0 Å². The monoisotopic (exact) mass is 296 g/mol. The van der Waals surface area contributed by atoms with E-state index >= 15 is 0 Å². The minimum Gasteiger partial charge on any atom is -0.481 e. The van der Waals surface area contributed by atoms with E-state index < -0.39 is 11.4 Å². The van der Waals surface area contributed by atoms with Crippen molar-refractivity contribution in [3.63, 3.8) is 0 Å². The molecular weight excluding hydrogens is 268 g/mol. The molecule has 1 heterocycles. The van der Waals surface area contributed by atoms with Gasteiger partial charge in [-0.3, -0.25) is 4.79 Å². The number of likely N-dealkylation sites (tertiary alicyclic amines) is 1. The van der Waals surface area contributed by atoms with Gasteiger partial charge >= 0.3 is 12.0 Å². The summed E-state index contributed by atoms with van der Waals surface area (Å²) in [5, 5.41) is 12.5. The molecule has 1 atom stereocenters. The zero-order chi connectivity index (χ0) is 15.5. The first kappa shape index (κ1) is 16.1. The van der Waals surface area contributed by atoms with E-state index in [9.17, 15) is 14.7 Å². The summed E-state index contributed by atoms with van der Waals surface area (Å²) in [5.41, 5.74) is -0.760. The van der Waals surface area contributed by atoms with Gasteiger partial charge in [-0.15, -0.1) is 0 Å². The van der Waals surface area contributed by atoms with Gasteiger partial charge in [0.15, 0.2) is 0 Å². The molecular formula is C16H28N2O3. The number of amides is 2. The number of aliphatic carboxylic acids is 1. The van der Waals surface area contributed by atoms with Crippen LogP contribution in [0.25, 0.3) is 0 Å². The molecule has 0 spiro atoms. The third-order valence-electron chi connectivity index (χ3n) is 5.21. The molecule has 1 aliphatic heterocycles. The van der Waals surface area contributed by atoms with Crippen molar-refractivity contribution in [2.45, 2.75) is 52.4 Å². The van der Waals surface area contributed by atoms with E-state index in [1.807, 2.05) is 4.90 Å². The first-order valence-corrected chi connectivity index (χ1v) is 8.19. The van der Waals surface area contributed by atoms with Gasteiger partial charge in [-0.05, 0) is 50.4 Å². The average Bonchev–Trinajstić information content (AvgIpc) is 2.46. The van der Waals surface area contributed by atoms with Crippen LogP contribution in [0.4, 0.5) is 4.79 Å². The summed E-state index contributed by atoms with van der Waals surface area (Å²) >= 11 is 0. The number of piperidine rings is 1. The minimum atomic E-state index is -0.762. The number of hydrogen-bond donors (Lipinski definition) is 2. The highest BCUT2D eigenvalue weighted by Crippen LogP contribution is 2.38. The second-order valence-electron chi connectivity index (χ2n) is 7.12. The normalized spacial score (nSPS) is 33.5. The molecule has 2 amide bonds. The van der Waals surface area contributed by atoms with Gasteiger partial charge in [0.05, 0.1) is 5.41 Å². The molecule has 1 saturated carbocycles. The van der Waals surface area contributed by atoms with Crippen LogP contribution in [0.15, 0.2) is 0 Å². The van der Waals surface area contributed by atoms with Crippen molar-refractivity contribution in [1.29, 1.82) is 0 Å². The standard InChI is InChI=1S/C16H28N2O3/c1-12-5-7-16(8-6-12,14(19)20)11-17-15(21)18-9-3-4-13(2)10-18/h12-13H,3-11H2,1-2H3,(H,17,21)(H,19,20). The lowest BCUT2D eigenvalue weighted by Gasteiger charge is -2.37. The molecule has 0 radical (unpaired) electrons. The van der Waals surface area contributed by atoms with Gasteiger partial charge in [-0.25, -0.2) is 4.79 Å². The summed E-state index contributed by atoms with van der Waals surface area (Å²) in [7, 11) is 0. The van der Waals surface area contributed by atoms with Crippen molar-refractivity contribution in [1.82, 2.24) is 10.2 Å². The molecule has 0 aromatic rings. The minimum absolute atomic E-state index is 0.0965. The molecule has 1 unspecified atom stereocenters. The Labute approximate surface area is 127 Å². The molecule has 120 valence electrons. The van der Waals surface area contributed by atoms with Crippen LogP contribution in [-0.4, -0.2) is 41.6 Å². The molecule has 1 saturated heterocycles. The fraction of sp³-hybridized carbons (Fsp3) is 0.875. The number of carboxylic acid groups (broad SMARTS) is 1. The number of carbonyl (C=O) groups is 2. The fourth-order valence-electron chi connectivity index (χ4n) is 3.51. The molecule has 2 aliphatic rings. The second kappa shape index (κ2) is 6.67. The Balaban J connectivity index is 1.90. The zero-order valence-electron chi connectivity index (χ0n) is 13.2. The highest BCUT2D eigenvalue weighted by Gasteiger charge is 2.41. The molecule has 1 aliphatic carbocycles. The van der Waals surface area contributed by atoms with Crippen molar-refractivity contribution in [3.05, 3.63) is 0 Å². The number of nitrogens with zero attached hydrogens (tertiary/aromatic N) is 1. The lowest BCUT2D eigenvalue weighted by atomic mass is 9.71. The fourth-order valence-corrected chi connectivity index (χ4v) is 3.51. The smallest absolute Gasteiger partial charge is 0.317 e. The number of rotatable bonds is 3. The van der Waals surface area contributed by atoms with Crippen molar-refractivity contribution < 1.29 is 14.7 Å². The van der Waals surface area contributed by atoms with Gasteiger partial charge in [0.1, 0.15) is 0 Å². The maximum Gasteiger partial charge on any atom is 0.317 e. The van der Waals surface area contributed by atoms with Gasteiger partial charge in [-0.2, -0.15) is 0 Å². The van der Waals surface area contributed by atoms with E-state index in [1.54, 1.807) is 0 Å². The molecule has 5 nitrogen and oxygen atoms in total. The second-order valence-corrected chi connectivity index (χ2v) is 7.12. The van der Waals surface area contributed by atoms with Crippen molar-refractivity contribution in [2.24, 2.45) is 17.3 Å². The van der Waals surface area contributed by atoms with Crippen LogP contribution in [0.3, 0.4) is 0 Å². The number of urea groups is 1. The number of carboxylic acids is 1. The summed E-state index contributed by atoms with van der Waals surface area (Å²) in [6, 6.07) is -0.0965. The highest BCUT2D eigenvalue weighted by molar-refractivity contribution is 5.78. The third kappa shape index (κ3) is 3.89. The summed E-state index contributed by atoms with van der Waals surface area (Å²) in [6.45, 7) is 6.15. The molecule has 0 aromatic carbocycles. The van der Waals surface area contributed by atoms with Crippen LogP contribution >= 0.6 is 0 Å². The summed E-state index contributed by atoms with van der Waals surface area (Å²) < 4.78 is 0. The summed E-state index contributed by atoms with van der Waals surface area (Å²) in [6.07, 6.45) is 5.41. The van der Waals surface area contributed by atoms with Crippen molar-refractivity contribution in [3.8, 4) is 0 Å². The Morgan fingerprint density at radius 1 is 1.19 bits per heavy atom. The Morgan fingerprint density at radius 2 is 1.86 bits per heavy atom. The molecule has 2 rings (SSSR count). The quantitative estimate of drug-likeness (QED) is 0.841. The molecule has 21 heavy (non-hydrogen) atoms. The van der Waals surface area contributed by atoms with Crippen LogP contribution < -0.4 is 5.32 Å². The first-order chi connectivity index (χ1) is 9.93. The molecule has 0 bridgehead atoms. The van der Waals surface area contributed by atoms with Gasteiger partial charge in [-0.1, -0.05) is 13.8 Å². The van der Waals surface area contributed by atoms with Crippen LogP contribution in [0, 0.1) is 17.3 Å². The third-order valence-corrected chi connectivity index (χ3v) is 5.21. The number of hydrogen-bond acceptors (Lipinski definition) is 2. The first-order valence-electron chi connectivity index (χ1n) is 8.19. The predicted octanol–water partition coefficient (Wildman–Crippen LogP) is 2.71. The van der Waals surface area contributed by atoms with E-state index in [0.29, 0.717) is 24.7 Å². The van der Waals surface area contributed by atoms with E-state index in [2.05, 4.69) is 19.2 Å². The van der Waals surface area contributed by atoms with Crippen LogP contribution in [0.1, 0.15) is 52.4 Å². The molecule has 2 fully saturated rings. The van der Waals surface area contributed by atoms with Gasteiger partial charge in [0, 0.05) is 19.6 Å². The van der Waals surface area contributed by atoms with Gasteiger partial charge in [0.25, 0.3) is 0 Å². The van der Waals surface area contributed by atoms with Crippen LogP contribution in [-0.2, 0) is 4.79 Å². The SMILES string of the molecule is CC1CCC(CNC(=O)N2CCCC(C)C2)(C(=O)O)CC1.